The van der Waals surface area contributed by atoms with Crippen LogP contribution >= 0.6 is 0 Å². The average molecular weight is 128 g/mol. The second-order valence-corrected chi connectivity index (χ2v) is 2.14. The van der Waals surface area contributed by atoms with Crippen molar-refractivity contribution in [2.75, 3.05) is 20.1 Å². The Kier molecular flexibility index (Phi) is 5.52. The third-order valence-corrected chi connectivity index (χ3v) is 1.19. The van der Waals surface area contributed by atoms with E-state index in [1.807, 2.05) is 14.0 Å². The van der Waals surface area contributed by atoms with Gasteiger partial charge in [0.15, 0.2) is 0 Å². The molecule has 0 aliphatic rings. The normalized spacial score (nSPS) is 12.1. The van der Waals surface area contributed by atoms with Gasteiger partial charge in [0.1, 0.15) is 0 Å². The monoisotopic (exact) mass is 128 g/mol. The molecule has 2 nitrogen and oxygen atoms in total. The molecule has 0 unspecified atom stereocenters. The second-order valence-electron chi connectivity index (χ2n) is 2.14. The van der Waals surface area contributed by atoms with Crippen molar-refractivity contribution in [3.05, 3.63) is 0 Å². The number of aliphatic imine (C=N–C) groups is 1. The van der Waals surface area contributed by atoms with Crippen molar-refractivity contribution >= 4 is 5.71 Å². The lowest BCUT2D eigenvalue weighted by molar-refractivity contribution is 0.740. The lowest BCUT2D eigenvalue weighted by Crippen LogP contribution is -2.21. The minimum Gasteiger partial charge on any atom is -0.311 e. The van der Waals surface area contributed by atoms with E-state index in [9.17, 15) is 0 Å². The number of hydrogen-bond donors (Lipinski definition) is 1. The van der Waals surface area contributed by atoms with Crippen molar-refractivity contribution in [2.45, 2.75) is 20.3 Å². The van der Waals surface area contributed by atoms with E-state index in [1.165, 1.54) is 12.1 Å². The van der Waals surface area contributed by atoms with Gasteiger partial charge in [0.05, 0.1) is 0 Å². The van der Waals surface area contributed by atoms with E-state index >= 15 is 0 Å². The molecule has 0 aromatic heterocycles. The fourth-order valence-corrected chi connectivity index (χ4v) is 0.525. The summed E-state index contributed by atoms with van der Waals surface area (Å²) >= 11 is 0. The van der Waals surface area contributed by atoms with Crippen LogP contribution in [0, 0.1) is 0 Å². The molecule has 0 rings (SSSR count). The van der Waals surface area contributed by atoms with Gasteiger partial charge in [-0.15, -0.1) is 0 Å². The van der Waals surface area contributed by atoms with Gasteiger partial charge in [-0.05, 0) is 19.9 Å². The molecule has 9 heavy (non-hydrogen) atoms. The fraction of sp³-hybridized carbons (Fsp3) is 0.857. The predicted molar refractivity (Wildman–Crippen MR) is 42.2 cm³/mol. The first-order valence-electron chi connectivity index (χ1n) is 3.44. The summed E-state index contributed by atoms with van der Waals surface area (Å²) in [4.78, 5) is 4.01. The molecular weight excluding hydrogens is 112 g/mol. The Labute approximate surface area is 57.4 Å². The zero-order valence-electron chi connectivity index (χ0n) is 6.57. The van der Waals surface area contributed by atoms with Gasteiger partial charge in [0.2, 0.25) is 0 Å². The van der Waals surface area contributed by atoms with Gasteiger partial charge in [-0.2, -0.15) is 0 Å². The molecule has 0 bridgehead atoms. The molecule has 0 aliphatic carbocycles. The van der Waals surface area contributed by atoms with Crippen LogP contribution in [-0.2, 0) is 0 Å². The zero-order chi connectivity index (χ0) is 7.11. The van der Waals surface area contributed by atoms with Crippen LogP contribution in [0.5, 0.6) is 0 Å². The molecule has 0 atom stereocenters. The molecule has 0 radical (unpaired) electrons. The van der Waals surface area contributed by atoms with Crippen molar-refractivity contribution < 1.29 is 0 Å². The molecule has 1 N–H and O–H groups in total. The molecule has 0 fully saturated rings. The standard InChI is InChI=1S/C7H16N2/c1-4-5-9-6-7(2)8-3/h9H,4-6H2,1-3H3. The Hall–Kier alpha value is -0.370. The molecule has 0 aromatic carbocycles. The Morgan fingerprint density at radius 3 is 2.67 bits per heavy atom. The molecule has 0 heterocycles. The summed E-state index contributed by atoms with van der Waals surface area (Å²) in [6.45, 7) is 6.21. The number of hydrogen-bond acceptors (Lipinski definition) is 2. The number of nitrogens with zero attached hydrogens (tertiary/aromatic N) is 1. The molecule has 0 amide bonds. The molecule has 54 valence electrons. The van der Waals surface area contributed by atoms with Crippen molar-refractivity contribution in [2.24, 2.45) is 4.99 Å². The van der Waals surface area contributed by atoms with E-state index in [0.29, 0.717) is 0 Å². The van der Waals surface area contributed by atoms with Gasteiger partial charge >= 0.3 is 0 Å². The molecule has 0 aromatic rings. The van der Waals surface area contributed by atoms with Crippen molar-refractivity contribution in [3.63, 3.8) is 0 Å². The molecule has 0 saturated carbocycles. The average Bonchev–Trinajstić information content (AvgIpc) is 1.89. The zero-order valence-corrected chi connectivity index (χ0v) is 6.57. The molecule has 2 heteroatoms. The first-order chi connectivity index (χ1) is 4.31. The van der Waals surface area contributed by atoms with Crippen molar-refractivity contribution in [1.29, 1.82) is 0 Å². The van der Waals surface area contributed by atoms with E-state index in [2.05, 4.69) is 17.2 Å². The Morgan fingerprint density at radius 1 is 1.56 bits per heavy atom. The minimum absolute atomic E-state index is 0.935. The highest BCUT2D eigenvalue weighted by atomic mass is 14.9. The first-order valence-corrected chi connectivity index (χ1v) is 3.44. The molecule has 0 spiro atoms. The predicted octanol–water partition coefficient (Wildman–Crippen LogP) is 1.08. The summed E-state index contributed by atoms with van der Waals surface area (Å²) in [5, 5.41) is 3.25. The molecular formula is C7H16N2. The quantitative estimate of drug-likeness (QED) is 0.444. The van der Waals surface area contributed by atoms with Gasteiger partial charge in [0, 0.05) is 19.3 Å². The van der Waals surface area contributed by atoms with Crippen LogP contribution in [0.25, 0.3) is 0 Å². The van der Waals surface area contributed by atoms with Crippen LogP contribution < -0.4 is 5.32 Å². The van der Waals surface area contributed by atoms with Gasteiger partial charge in [-0.3, -0.25) is 4.99 Å². The Bertz CT molecular complexity index is 86.9. The highest BCUT2D eigenvalue weighted by Gasteiger charge is 1.85. The van der Waals surface area contributed by atoms with E-state index in [-0.39, 0.29) is 0 Å². The smallest absolute Gasteiger partial charge is 0.0332 e. The van der Waals surface area contributed by atoms with Crippen molar-refractivity contribution in [1.82, 2.24) is 5.32 Å². The van der Waals surface area contributed by atoms with Crippen LogP contribution in [0.4, 0.5) is 0 Å². The maximum Gasteiger partial charge on any atom is 0.0332 e. The van der Waals surface area contributed by atoms with E-state index in [4.69, 9.17) is 0 Å². The third kappa shape index (κ3) is 5.50. The Morgan fingerprint density at radius 2 is 2.22 bits per heavy atom. The summed E-state index contributed by atoms with van der Waals surface area (Å²) in [7, 11) is 1.82. The molecule has 0 aliphatic heterocycles. The number of rotatable bonds is 4. The van der Waals surface area contributed by atoms with Crippen molar-refractivity contribution in [3.8, 4) is 0 Å². The SMILES string of the molecule is CCCNCC(C)=NC. The van der Waals surface area contributed by atoms with Crippen LogP contribution in [0.2, 0.25) is 0 Å². The maximum absolute atomic E-state index is 4.01. The summed E-state index contributed by atoms with van der Waals surface area (Å²) in [5.41, 5.74) is 1.17. The summed E-state index contributed by atoms with van der Waals surface area (Å²) in [5.74, 6) is 0. The topological polar surface area (TPSA) is 24.4 Å². The van der Waals surface area contributed by atoms with Crippen LogP contribution in [0.3, 0.4) is 0 Å². The van der Waals surface area contributed by atoms with Gasteiger partial charge in [-0.25, -0.2) is 0 Å². The lowest BCUT2D eigenvalue weighted by atomic mass is 10.4. The van der Waals surface area contributed by atoms with Crippen LogP contribution in [-0.4, -0.2) is 25.8 Å². The molecule has 0 saturated heterocycles. The van der Waals surface area contributed by atoms with Gasteiger partial charge in [-0.1, -0.05) is 6.92 Å². The first kappa shape index (κ1) is 8.63. The minimum atomic E-state index is 0.935. The summed E-state index contributed by atoms with van der Waals surface area (Å²) in [6.07, 6.45) is 1.19. The summed E-state index contributed by atoms with van der Waals surface area (Å²) < 4.78 is 0. The van der Waals surface area contributed by atoms with E-state index < -0.39 is 0 Å². The van der Waals surface area contributed by atoms with E-state index in [1.54, 1.807) is 0 Å². The van der Waals surface area contributed by atoms with Gasteiger partial charge < -0.3 is 5.32 Å². The van der Waals surface area contributed by atoms with Gasteiger partial charge in [0.25, 0.3) is 0 Å². The highest BCUT2D eigenvalue weighted by molar-refractivity contribution is 5.83. The van der Waals surface area contributed by atoms with Crippen LogP contribution in [0.1, 0.15) is 20.3 Å². The van der Waals surface area contributed by atoms with E-state index in [0.717, 1.165) is 13.1 Å². The van der Waals surface area contributed by atoms with Crippen LogP contribution in [0.15, 0.2) is 4.99 Å². The largest absolute Gasteiger partial charge is 0.311 e. The third-order valence-electron chi connectivity index (χ3n) is 1.19. The second kappa shape index (κ2) is 5.76. The highest BCUT2D eigenvalue weighted by Crippen LogP contribution is 1.73. The summed E-state index contributed by atoms with van der Waals surface area (Å²) in [6, 6.07) is 0. The Balaban J connectivity index is 3.07. The lowest BCUT2D eigenvalue weighted by Gasteiger charge is -1.99. The fourth-order valence-electron chi connectivity index (χ4n) is 0.525. The maximum atomic E-state index is 4.01. The number of nitrogens with one attached hydrogen (secondary N) is 1.